The lowest BCUT2D eigenvalue weighted by molar-refractivity contribution is 0.0945. The van der Waals surface area contributed by atoms with Gasteiger partial charge >= 0.3 is 0 Å². The summed E-state index contributed by atoms with van der Waals surface area (Å²) in [5, 5.41) is 14.3. The van der Waals surface area contributed by atoms with Gasteiger partial charge in [-0.05, 0) is 30.5 Å². The third-order valence-electron chi connectivity index (χ3n) is 4.78. The second-order valence-electron chi connectivity index (χ2n) is 6.50. The van der Waals surface area contributed by atoms with Crippen molar-refractivity contribution in [3.8, 4) is 0 Å². The minimum Gasteiger partial charge on any atom is -0.347 e. The molecule has 1 aromatic carbocycles. The van der Waals surface area contributed by atoms with Crippen molar-refractivity contribution in [2.24, 2.45) is 0 Å². The zero-order chi connectivity index (χ0) is 17.6. The van der Waals surface area contributed by atoms with Crippen molar-refractivity contribution in [1.82, 2.24) is 30.5 Å². The topological polar surface area (TPSA) is 75.1 Å². The Morgan fingerprint density at radius 2 is 2.04 bits per heavy atom. The molecular weight excluding hydrogens is 316 g/mol. The van der Waals surface area contributed by atoms with Gasteiger partial charge in [-0.2, -0.15) is 0 Å². The maximum Gasteiger partial charge on any atom is 0.273 e. The number of hydrogen-bond acceptors (Lipinski definition) is 5. The fraction of sp³-hybridized carbons (Fsp3) is 0.500. The molecule has 1 fully saturated rings. The molecule has 0 bridgehead atoms. The third kappa shape index (κ3) is 4.64. The number of amides is 1. The van der Waals surface area contributed by atoms with Crippen LogP contribution in [0.5, 0.6) is 0 Å². The van der Waals surface area contributed by atoms with Crippen LogP contribution in [0.2, 0.25) is 0 Å². The molecule has 134 valence electrons. The summed E-state index contributed by atoms with van der Waals surface area (Å²) < 4.78 is 1.74. The standard InChI is InChI=1S/C18H26N6O/c1-14-4-3-5-16(15(14)2)12-20-18(25)17-13-24(22-21-17)11-10-23-8-6-19-7-9-23/h3-5,13,19H,6-12H2,1-2H3,(H,20,25). The summed E-state index contributed by atoms with van der Waals surface area (Å²) in [6, 6.07) is 6.12. The van der Waals surface area contributed by atoms with E-state index in [0.29, 0.717) is 12.2 Å². The Hall–Kier alpha value is -2.25. The summed E-state index contributed by atoms with van der Waals surface area (Å²) in [7, 11) is 0. The first-order valence-electron chi connectivity index (χ1n) is 8.80. The van der Waals surface area contributed by atoms with Crippen molar-refractivity contribution in [3.05, 3.63) is 46.8 Å². The van der Waals surface area contributed by atoms with Gasteiger partial charge in [-0.1, -0.05) is 23.4 Å². The van der Waals surface area contributed by atoms with E-state index in [0.717, 1.165) is 44.8 Å². The van der Waals surface area contributed by atoms with Gasteiger partial charge in [0.15, 0.2) is 5.69 Å². The van der Waals surface area contributed by atoms with Crippen molar-refractivity contribution in [1.29, 1.82) is 0 Å². The second-order valence-corrected chi connectivity index (χ2v) is 6.50. The molecule has 2 aromatic rings. The highest BCUT2D eigenvalue weighted by atomic mass is 16.2. The highest BCUT2D eigenvalue weighted by molar-refractivity contribution is 5.91. The zero-order valence-corrected chi connectivity index (χ0v) is 15.0. The average Bonchev–Trinajstić information content (AvgIpc) is 3.11. The van der Waals surface area contributed by atoms with Gasteiger partial charge < -0.3 is 10.6 Å². The number of aryl methyl sites for hydroxylation is 1. The first kappa shape index (κ1) is 17.6. The van der Waals surface area contributed by atoms with Crippen LogP contribution in [0.4, 0.5) is 0 Å². The number of carbonyl (C=O) groups is 1. The third-order valence-corrected chi connectivity index (χ3v) is 4.78. The van der Waals surface area contributed by atoms with Crippen LogP contribution in [-0.2, 0) is 13.1 Å². The molecule has 0 aliphatic carbocycles. The summed E-state index contributed by atoms with van der Waals surface area (Å²) in [5.41, 5.74) is 3.93. The molecule has 0 spiro atoms. The highest BCUT2D eigenvalue weighted by Crippen LogP contribution is 2.12. The molecule has 1 amide bonds. The monoisotopic (exact) mass is 342 g/mol. The minimum absolute atomic E-state index is 0.186. The quantitative estimate of drug-likeness (QED) is 0.809. The highest BCUT2D eigenvalue weighted by Gasteiger charge is 2.13. The molecule has 7 nitrogen and oxygen atoms in total. The lowest BCUT2D eigenvalue weighted by Gasteiger charge is -2.26. The van der Waals surface area contributed by atoms with Crippen molar-refractivity contribution in [2.75, 3.05) is 32.7 Å². The molecule has 2 N–H and O–H groups in total. The van der Waals surface area contributed by atoms with E-state index in [1.807, 2.05) is 12.1 Å². The van der Waals surface area contributed by atoms with Crippen LogP contribution in [0.1, 0.15) is 27.2 Å². The van der Waals surface area contributed by atoms with Crippen molar-refractivity contribution < 1.29 is 4.79 Å². The maximum atomic E-state index is 12.3. The number of nitrogens with one attached hydrogen (secondary N) is 2. The number of piperazine rings is 1. The van der Waals surface area contributed by atoms with Gasteiger partial charge in [0.05, 0.1) is 12.7 Å². The number of nitrogens with zero attached hydrogens (tertiary/aromatic N) is 4. The molecule has 1 aliphatic rings. The average molecular weight is 342 g/mol. The van der Waals surface area contributed by atoms with E-state index in [9.17, 15) is 4.79 Å². The second kappa shape index (κ2) is 8.22. The Morgan fingerprint density at radius 1 is 1.24 bits per heavy atom. The summed E-state index contributed by atoms with van der Waals surface area (Å²) >= 11 is 0. The van der Waals surface area contributed by atoms with Crippen molar-refractivity contribution in [2.45, 2.75) is 26.9 Å². The van der Waals surface area contributed by atoms with Crippen LogP contribution in [0.15, 0.2) is 24.4 Å². The molecule has 25 heavy (non-hydrogen) atoms. The van der Waals surface area contributed by atoms with Crippen LogP contribution in [-0.4, -0.2) is 58.5 Å². The van der Waals surface area contributed by atoms with Crippen LogP contribution < -0.4 is 10.6 Å². The van der Waals surface area contributed by atoms with E-state index >= 15 is 0 Å². The summed E-state index contributed by atoms with van der Waals surface area (Å²) in [6.45, 7) is 10.5. The summed E-state index contributed by atoms with van der Waals surface area (Å²) in [5.74, 6) is -0.186. The molecule has 0 unspecified atom stereocenters. The van der Waals surface area contributed by atoms with E-state index in [1.54, 1.807) is 10.9 Å². The Balaban J connectivity index is 1.51. The molecule has 0 saturated carbocycles. The number of rotatable bonds is 6. The Bertz CT molecular complexity index is 720. The van der Waals surface area contributed by atoms with Crippen LogP contribution in [0, 0.1) is 13.8 Å². The molecule has 2 heterocycles. The molecule has 0 radical (unpaired) electrons. The number of aromatic nitrogens is 3. The van der Waals surface area contributed by atoms with Crippen molar-refractivity contribution >= 4 is 5.91 Å². The van der Waals surface area contributed by atoms with E-state index < -0.39 is 0 Å². The SMILES string of the molecule is Cc1cccc(CNC(=O)c2cn(CCN3CCNCC3)nn2)c1C. The first-order chi connectivity index (χ1) is 12.1. The van der Waals surface area contributed by atoms with Gasteiger partial charge in [0.25, 0.3) is 5.91 Å². The number of hydrogen-bond donors (Lipinski definition) is 2. The van der Waals surface area contributed by atoms with E-state index in [-0.39, 0.29) is 5.91 Å². The van der Waals surface area contributed by atoms with Gasteiger partial charge in [-0.25, -0.2) is 0 Å². The lowest BCUT2D eigenvalue weighted by Crippen LogP contribution is -2.44. The van der Waals surface area contributed by atoms with Gasteiger partial charge in [0.2, 0.25) is 0 Å². The van der Waals surface area contributed by atoms with E-state index in [4.69, 9.17) is 0 Å². The Morgan fingerprint density at radius 3 is 2.84 bits per heavy atom. The molecule has 7 heteroatoms. The lowest BCUT2D eigenvalue weighted by atomic mass is 10.0. The molecule has 1 aromatic heterocycles. The number of benzene rings is 1. The predicted octanol–water partition coefficient (Wildman–Crippen LogP) is 0.730. The maximum absolute atomic E-state index is 12.3. The Labute approximate surface area is 148 Å². The Kier molecular flexibility index (Phi) is 5.78. The fourth-order valence-electron chi connectivity index (χ4n) is 2.96. The fourth-order valence-corrected chi connectivity index (χ4v) is 2.96. The van der Waals surface area contributed by atoms with E-state index in [1.165, 1.54) is 11.1 Å². The molecular formula is C18H26N6O. The van der Waals surface area contributed by atoms with E-state index in [2.05, 4.69) is 45.8 Å². The van der Waals surface area contributed by atoms with Gasteiger partial charge in [0, 0.05) is 39.3 Å². The van der Waals surface area contributed by atoms with Crippen LogP contribution in [0.25, 0.3) is 0 Å². The molecule has 1 saturated heterocycles. The molecule has 1 aliphatic heterocycles. The van der Waals surface area contributed by atoms with Crippen molar-refractivity contribution in [3.63, 3.8) is 0 Å². The summed E-state index contributed by atoms with van der Waals surface area (Å²) in [6.07, 6.45) is 1.72. The molecule has 0 atom stereocenters. The van der Waals surface area contributed by atoms with Crippen LogP contribution in [0.3, 0.4) is 0 Å². The largest absolute Gasteiger partial charge is 0.347 e. The van der Waals surface area contributed by atoms with Gasteiger partial charge in [-0.3, -0.25) is 14.4 Å². The molecule has 3 rings (SSSR count). The normalized spacial score (nSPS) is 15.3. The minimum atomic E-state index is -0.186. The summed E-state index contributed by atoms with van der Waals surface area (Å²) in [4.78, 5) is 14.7. The first-order valence-corrected chi connectivity index (χ1v) is 8.80. The van der Waals surface area contributed by atoms with Gasteiger partial charge in [-0.15, -0.1) is 5.10 Å². The van der Waals surface area contributed by atoms with Crippen LogP contribution >= 0.6 is 0 Å². The number of carbonyl (C=O) groups excluding carboxylic acids is 1. The van der Waals surface area contributed by atoms with Gasteiger partial charge in [0.1, 0.15) is 0 Å². The predicted molar refractivity (Wildman–Crippen MR) is 96.4 cm³/mol. The smallest absolute Gasteiger partial charge is 0.273 e. The zero-order valence-electron chi connectivity index (χ0n) is 15.0.